The minimum Gasteiger partial charge on any atom is -0.497 e. The Hall–Kier alpha value is -1.18. The predicted molar refractivity (Wildman–Crippen MR) is 61.9 cm³/mol. The van der Waals surface area contributed by atoms with E-state index in [2.05, 4.69) is 0 Å². The zero-order valence-electron chi connectivity index (χ0n) is 8.64. The van der Waals surface area contributed by atoms with Crippen molar-refractivity contribution < 1.29 is 4.74 Å². The second-order valence-corrected chi connectivity index (χ2v) is 4.22. The van der Waals surface area contributed by atoms with Crippen LogP contribution in [-0.2, 0) is 0 Å². The molecule has 0 aliphatic carbocycles. The van der Waals surface area contributed by atoms with E-state index in [1.807, 2.05) is 30.3 Å². The molecule has 15 heavy (non-hydrogen) atoms. The van der Waals surface area contributed by atoms with Gasteiger partial charge in [-0.3, -0.25) is 0 Å². The Morgan fingerprint density at radius 1 is 1.47 bits per heavy atom. The maximum Gasteiger partial charge on any atom is 0.118 e. The lowest BCUT2D eigenvalue weighted by molar-refractivity contribution is 0.414. The highest BCUT2D eigenvalue weighted by Gasteiger charge is 2.00. The van der Waals surface area contributed by atoms with E-state index in [1.165, 1.54) is 4.90 Å². The normalized spacial score (nSPS) is 11.8. The van der Waals surface area contributed by atoms with Crippen molar-refractivity contribution in [2.24, 2.45) is 5.73 Å². The molecule has 0 saturated carbocycles. The van der Waals surface area contributed by atoms with E-state index in [0.717, 1.165) is 11.5 Å². The summed E-state index contributed by atoms with van der Waals surface area (Å²) in [6.45, 7) is 0. The highest BCUT2D eigenvalue weighted by atomic mass is 32.2. The van der Waals surface area contributed by atoms with Gasteiger partial charge in [-0.2, -0.15) is 5.26 Å². The Labute approximate surface area is 94.2 Å². The molecule has 0 aromatic heterocycles. The predicted octanol–water partition coefficient (Wildman–Crippen LogP) is 2.03. The molecule has 0 radical (unpaired) electrons. The monoisotopic (exact) mass is 222 g/mol. The van der Waals surface area contributed by atoms with Crippen LogP contribution in [0.4, 0.5) is 0 Å². The largest absolute Gasteiger partial charge is 0.497 e. The highest BCUT2D eigenvalue weighted by Crippen LogP contribution is 2.21. The molecule has 0 fully saturated rings. The van der Waals surface area contributed by atoms with Crippen LogP contribution in [0.5, 0.6) is 5.75 Å². The van der Waals surface area contributed by atoms with Gasteiger partial charge in [0.25, 0.3) is 0 Å². The summed E-state index contributed by atoms with van der Waals surface area (Å²) in [4.78, 5) is 1.17. The van der Waals surface area contributed by atoms with Crippen molar-refractivity contribution in [1.29, 1.82) is 5.26 Å². The third-order valence-corrected chi connectivity index (χ3v) is 2.97. The van der Waals surface area contributed by atoms with E-state index in [9.17, 15) is 0 Å². The Bertz CT molecular complexity index is 331. The summed E-state index contributed by atoms with van der Waals surface area (Å²) < 4.78 is 5.06. The van der Waals surface area contributed by atoms with Gasteiger partial charge in [0.2, 0.25) is 0 Å². The number of hydrogen-bond acceptors (Lipinski definition) is 4. The number of thioether (sulfide) groups is 1. The first-order valence-electron chi connectivity index (χ1n) is 4.68. The van der Waals surface area contributed by atoms with Crippen molar-refractivity contribution in [1.82, 2.24) is 0 Å². The van der Waals surface area contributed by atoms with Crippen LogP contribution in [-0.4, -0.2) is 18.9 Å². The average molecular weight is 222 g/mol. The molecule has 1 unspecified atom stereocenters. The Kier molecular flexibility index (Phi) is 5.02. The van der Waals surface area contributed by atoms with E-state index in [1.54, 1.807) is 18.9 Å². The lowest BCUT2D eigenvalue weighted by Gasteiger charge is -2.04. The van der Waals surface area contributed by atoms with Crippen LogP contribution in [0.3, 0.4) is 0 Å². The van der Waals surface area contributed by atoms with Crippen LogP contribution in [0.1, 0.15) is 6.42 Å². The standard InChI is InChI=1S/C11H14N2OS/c1-14-10-2-4-11(5-3-10)15-7-6-9(13)8-12/h2-5,9H,6-7,13H2,1H3. The van der Waals surface area contributed by atoms with Gasteiger partial charge in [0.1, 0.15) is 5.75 Å². The Morgan fingerprint density at radius 3 is 2.67 bits per heavy atom. The number of rotatable bonds is 5. The van der Waals surface area contributed by atoms with Crippen LogP contribution >= 0.6 is 11.8 Å². The lowest BCUT2D eigenvalue weighted by atomic mass is 10.3. The second kappa shape index (κ2) is 6.33. The number of nitrogens with zero attached hydrogens (tertiary/aromatic N) is 1. The lowest BCUT2D eigenvalue weighted by Crippen LogP contribution is -2.17. The van der Waals surface area contributed by atoms with Crippen molar-refractivity contribution in [3.05, 3.63) is 24.3 Å². The minimum atomic E-state index is -0.351. The fourth-order valence-electron chi connectivity index (χ4n) is 1.04. The summed E-state index contributed by atoms with van der Waals surface area (Å²) in [7, 11) is 1.65. The molecule has 0 heterocycles. The molecule has 80 valence electrons. The van der Waals surface area contributed by atoms with Crippen molar-refractivity contribution in [2.75, 3.05) is 12.9 Å². The number of hydrogen-bond donors (Lipinski definition) is 1. The van der Waals surface area contributed by atoms with E-state index in [0.29, 0.717) is 6.42 Å². The topological polar surface area (TPSA) is 59.0 Å². The molecule has 1 rings (SSSR count). The fourth-order valence-corrected chi connectivity index (χ4v) is 1.98. The molecule has 2 N–H and O–H groups in total. The number of nitriles is 1. The van der Waals surface area contributed by atoms with Gasteiger partial charge in [0.05, 0.1) is 19.2 Å². The SMILES string of the molecule is COc1ccc(SCCC(N)C#N)cc1. The minimum absolute atomic E-state index is 0.351. The van der Waals surface area contributed by atoms with Gasteiger partial charge in [-0.15, -0.1) is 11.8 Å². The maximum absolute atomic E-state index is 8.50. The second-order valence-electron chi connectivity index (χ2n) is 3.05. The van der Waals surface area contributed by atoms with Gasteiger partial charge in [0, 0.05) is 10.6 Å². The van der Waals surface area contributed by atoms with Crippen molar-refractivity contribution in [2.45, 2.75) is 17.4 Å². The van der Waals surface area contributed by atoms with E-state index >= 15 is 0 Å². The molecule has 0 amide bonds. The summed E-state index contributed by atoms with van der Waals surface area (Å²) >= 11 is 1.70. The fraction of sp³-hybridized carbons (Fsp3) is 0.364. The highest BCUT2D eigenvalue weighted by molar-refractivity contribution is 7.99. The molecule has 1 atom stereocenters. The third-order valence-electron chi connectivity index (χ3n) is 1.92. The van der Waals surface area contributed by atoms with Gasteiger partial charge in [-0.05, 0) is 30.7 Å². The summed E-state index contributed by atoms with van der Waals surface area (Å²) in [6.07, 6.45) is 0.715. The van der Waals surface area contributed by atoms with Crippen molar-refractivity contribution in [3.8, 4) is 11.8 Å². The molecule has 0 bridgehead atoms. The molecule has 1 aromatic rings. The Morgan fingerprint density at radius 2 is 2.13 bits per heavy atom. The summed E-state index contributed by atoms with van der Waals surface area (Å²) in [5, 5.41) is 8.50. The van der Waals surface area contributed by atoms with Crippen LogP contribution in [0.2, 0.25) is 0 Å². The summed E-state index contributed by atoms with van der Waals surface area (Å²) in [5.41, 5.74) is 5.49. The molecular weight excluding hydrogens is 208 g/mol. The number of ether oxygens (including phenoxy) is 1. The van der Waals surface area contributed by atoms with Crippen LogP contribution in [0.25, 0.3) is 0 Å². The maximum atomic E-state index is 8.50. The summed E-state index contributed by atoms with van der Waals surface area (Å²) in [6, 6.07) is 9.51. The van der Waals surface area contributed by atoms with Gasteiger partial charge >= 0.3 is 0 Å². The first-order valence-corrected chi connectivity index (χ1v) is 5.67. The molecule has 0 aliphatic heterocycles. The van der Waals surface area contributed by atoms with Gasteiger partial charge in [0.15, 0.2) is 0 Å². The Balaban J connectivity index is 2.35. The quantitative estimate of drug-likeness (QED) is 0.774. The smallest absolute Gasteiger partial charge is 0.118 e. The zero-order chi connectivity index (χ0) is 11.1. The van der Waals surface area contributed by atoms with Crippen molar-refractivity contribution >= 4 is 11.8 Å². The number of benzene rings is 1. The zero-order valence-corrected chi connectivity index (χ0v) is 9.46. The van der Waals surface area contributed by atoms with Gasteiger partial charge in [-0.25, -0.2) is 0 Å². The summed E-state index contributed by atoms with van der Waals surface area (Å²) in [5.74, 6) is 1.72. The van der Waals surface area contributed by atoms with Crippen molar-refractivity contribution in [3.63, 3.8) is 0 Å². The number of methoxy groups -OCH3 is 1. The molecule has 0 saturated heterocycles. The van der Waals surface area contributed by atoms with Crippen LogP contribution in [0.15, 0.2) is 29.2 Å². The van der Waals surface area contributed by atoms with Gasteiger partial charge < -0.3 is 10.5 Å². The van der Waals surface area contributed by atoms with E-state index in [-0.39, 0.29) is 6.04 Å². The average Bonchev–Trinajstić information content (AvgIpc) is 2.29. The van der Waals surface area contributed by atoms with Crippen LogP contribution in [0, 0.1) is 11.3 Å². The molecule has 4 heteroatoms. The van der Waals surface area contributed by atoms with Crippen LogP contribution < -0.4 is 10.5 Å². The number of nitrogens with two attached hydrogens (primary N) is 1. The third kappa shape index (κ3) is 4.24. The first kappa shape index (κ1) is 11.9. The molecule has 3 nitrogen and oxygen atoms in total. The van der Waals surface area contributed by atoms with E-state index < -0.39 is 0 Å². The first-order chi connectivity index (χ1) is 7.26. The van der Waals surface area contributed by atoms with E-state index in [4.69, 9.17) is 15.7 Å². The van der Waals surface area contributed by atoms with Gasteiger partial charge in [-0.1, -0.05) is 0 Å². The molecule has 0 spiro atoms. The molecular formula is C11H14N2OS. The molecule has 0 aliphatic rings. The molecule has 1 aromatic carbocycles.